The van der Waals surface area contributed by atoms with E-state index in [-0.39, 0.29) is 12.1 Å². The summed E-state index contributed by atoms with van der Waals surface area (Å²) in [6.07, 6.45) is 3.21. The van der Waals surface area contributed by atoms with Gasteiger partial charge in [-0.2, -0.15) is 0 Å². The average molecular weight is 324 g/mol. The van der Waals surface area contributed by atoms with Crippen molar-refractivity contribution in [3.05, 3.63) is 65.5 Å². The van der Waals surface area contributed by atoms with Crippen molar-refractivity contribution in [1.29, 1.82) is 0 Å². The van der Waals surface area contributed by atoms with Gasteiger partial charge in [0, 0.05) is 30.5 Å². The third-order valence-electron chi connectivity index (χ3n) is 5.35. The molecule has 0 spiro atoms. The van der Waals surface area contributed by atoms with Gasteiger partial charge in [-0.05, 0) is 43.0 Å². The molecular formula is C20H24N2O2. The zero-order chi connectivity index (χ0) is 16.6. The minimum atomic E-state index is -0.778. The van der Waals surface area contributed by atoms with Crippen molar-refractivity contribution in [3.63, 3.8) is 0 Å². The molecule has 126 valence electrons. The molecule has 2 unspecified atom stereocenters. The van der Waals surface area contributed by atoms with Crippen molar-refractivity contribution in [3.8, 4) is 0 Å². The van der Waals surface area contributed by atoms with E-state index in [1.807, 2.05) is 25.1 Å². The van der Waals surface area contributed by atoms with Crippen LogP contribution >= 0.6 is 0 Å². The highest BCUT2D eigenvalue weighted by atomic mass is 16.5. The number of hydrogen-bond donors (Lipinski definition) is 1. The number of pyridine rings is 1. The highest BCUT2D eigenvalue weighted by molar-refractivity contribution is 5.25. The Bertz CT molecular complexity index is 690. The Morgan fingerprint density at radius 2 is 1.88 bits per heavy atom. The summed E-state index contributed by atoms with van der Waals surface area (Å²) < 4.78 is 5.79. The first-order chi connectivity index (χ1) is 11.6. The first kappa shape index (κ1) is 15.8. The second kappa shape index (κ2) is 6.28. The number of benzene rings is 1. The van der Waals surface area contributed by atoms with Gasteiger partial charge < -0.3 is 9.84 Å². The lowest BCUT2D eigenvalue weighted by atomic mass is 9.77. The Morgan fingerprint density at radius 3 is 2.54 bits per heavy atom. The predicted molar refractivity (Wildman–Crippen MR) is 92.5 cm³/mol. The second-order valence-electron chi connectivity index (χ2n) is 7.13. The minimum Gasteiger partial charge on any atom is -0.385 e. The summed E-state index contributed by atoms with van der Waals surface area (Å²) in [6.45, 7) is 4.28. The van der Waals surface area contributed by atoms with E-state index in [4.69, 9.17) is 4.74 Å². The Hall–Kier alpha value is -1.75. The van der Waals surface area contributed by atoms with E-state index >= 15 is 0 Å². The molecule has 3 heterocycles. The molecule has 0 radical (unpaired) electrons. The van der Waals surface area contributed by atoms with E-state index in [0.29, 0.717) is 26.1 Å². The van der Waals surface area contributed by atoms with Crippen LogP contribution in [0.5, 0.6) is 0 Å². The molecule has 2 atom stereocenters. The number of aryl methyl sites for hydroxylation is 1. The molecule has 2 bridgehead atoms. The van der Waals surface area contributed by atoms with Gasteiger partial charge in [0.1, 0.15) is 0 Å². The third kappa shape index (κ3) is 2.97. The van der Waals surface area contributed by atoms with Crippen LogP contribution in [-0.2, 0) is 16.9 Å². The smallest absolute Gasteiger partial charge is 0.0929 e. The molecule has 2 aliphatic heterocycles. The van der Waals surface area contributed by atoms with Gasteiger partial charge in [-0.3, -0.25) is 9.88 Å². The number of aromatic nitrogens is 1. The first-order valence-electron chi connectivity index (χ1n) is 8.67. The largest absolute Gasteiger partial charge is 0.385 e. The quantitative estimate of drug-likeness (QED) is 0.943. The van der Waals surface area contributed by atoms with Crippen molar-refractivity contribution in [2.45, 2.75) is 44.0 Å². The van der Waals surface area contributed by atoms with E-state index in [0.717, 1.165) is 17.8 Å². The second-order valence-corrected chi connectivity index (χ2v) is 7.13. The van der Waals surface area contributed by atoms with Crippen LogP contribution in [0.4, 0.5) is 0 Å². The van der Waals surface area contributed by atoms with Crippen LogP contribution in [0.3, 0.4) is 0 Å². The maximum Gasteiger partial charge on any atom is 0.0929 e. The van der Waals surface area contributed by atoms with Gasteiger partial charge >= 0.3 is 0 Å². The standard InChI is InChI=1S/C20H24N2O2/c1-15-9-17(7-8-21-15)20(23)10-18-13-24-14-19(11-20)22(18)12-16-5-3-2-4-6-16/h2-9,18-19,23H,10-14H2,1H3. The van der Waals surface area contributed by atoms with Crippen molar-refractivity contribution in [2.24, 2.45) is 0 Å². The van der Waals surface area contributed by atoms with Crippen molar-refractivity contribution in [2.75, 3.05) is 13.2 Å². The molecule has 2 fully saturated rings. The highest BCUT2D eigenvalue weighted by Crippen LogP contribution is 2.41. The molecule has 0 saturated carbocycles. The Morgan fingerprint density at radius 1 is 1.17 bits per heavy atom. The number of rotatable bonds is 3. The van der Waals surface area contributed by atoms with Crippen LogP contribution in [0.2, 0.25) is 0 Å². The topological polar surface area (TPSA) is 45.6 Å². The van der Waals surface area contributed by atoms with Crippen LogP contribution < -0.4 is 0 Å². The summed E-state index contributed by atoms with van der Waals surface area (Å²) in [5.41, 5.74) is 2.49. The van der Waals surface area contributed by atoms with Crippen molar-refractivity contribution < 1.29 is 9.84 Å². The molecule has 4 nitrogen and oxygen atoms in total. The maximum absolute atomic E-state index is 11.3. The molecule has 0 amide bonds. The van der Waals surface area contributed by atoms with Crippen LogP contribution in [-0.4, -0.2) is 40.3 Å². The van der Waals surface area contributed by atoms with E-state index < -0.39 is 5.60 Å². The van der Waals surface area contributed by atoms with E-state index in [9.17, 15) is 5.11 Å². The minimum absolute atomic E-state index is 0.246. The number of fused-ring (bicyclic) bond motifs is 2. The van der Waals surface area contributed by atoms with Gasteiger partial charge in [0.15, 0.2) is 0 Å². The number of hydrogen-bond acceptors (Lipinski definition) is 4. The van der Waals surface area contributed by atoms with E-state index in [1.54, 1.807) is 6.20 Å². The van der Waals surface area contributed by atoms with Gasteiger partial charge in [0.25, 0.3) is 0 Å². The van der Waals surface area contributed by atoms with Gasteiger partial charge in [0.05, 0.1) is 18.8 Å². The van der Waals surface area contributed by atoms with Gasteiger partial charge in [-0.25, -0.2) is 0 Å². The monoisotopic (exact) mass is 324 g/mol. The fourth-order valence-corrected chi connectivity index (χ4v) is 4.17. The molecule has 2 aliphatic rings. The summed E-state index contributed by atoms with van der Waals surface area (Å²) in [5.74, 6) is 0. The summed E-state index contributed by atoms with van der Waals surface area (Å²) in [7, 11) is 0. The summed E-state index contributed by atoms with van der Waals surface area (Å²) in [5, 5.41) is 11.3. The lowest BCUT2D eigenvalue weighted by molar-refractivity contribution is -0.149. The van der Waals surface area contributed by atoms with Crippen LogP contribution in [0.25, 0.3) is 0 Å². The third-order valence-corrected chi connectivity index (χ3v) is 5.35. The summed E-state index contributed by atoms with van der Waals surface area (Å²) in [6, 6.07) is 15.0. The van der Waals surface area contributed by atoms with Gasteiger partial charge in [0.2, 0.25) is 0 Å². The average Bonchev–Trinajstić information content (AvgIpc) is 2.57. The molecule has 4 heteroatoms. The summed E-state index contributed by atoms with van der Waals surface area (Å²) in [4.78, 5) is 6.78. The van der Waals surface area contributed by atoms with Gasteiger partial charge in [-0.1, -0.05) is 30.3 Å². The van der Waals surface area contributed by atoms with Crippen molar-refractivity contribution >= 4 is 0 Å². The van der Waals surface area contributed by atoms with Crippen LogP contribution in [0.15, 0.2) is 48.7 Å². The number of aliphatic hydroxyl groups is 1. The lowest BCUT2D eigenvalue weighted by Crippen LogP contribution is -2.60. The molecule has 1 N–H and O–H groups in total. The number of nitrogens with zero attached hydrogens (tertiary/aromatic N) is 2. The molecule has 2 aromatic rings. The van der Waals surface area contributed by atoms with Gasteiger partial charge in [-0.15, -0.1) is 0 Å². The van der Waals surface area contributed by atoms with E-state index in [2.05, 4.69) is 34.1 Å². The molecule has 0 aliphatic carbocycles. The lowest BCUT2D eigenvalue weighted by Gasteiger charge is -2.52. The normalized spacial score (nSPS) is 30.2. The molecule has 2 saturated heterocycles. The molecule has 1 aromatic heterocycles. The number of ether oxygens (including phenoxy) is 1. The zero-order valence-electron chi connectivity index (χ0n) is 14.1. The predicted octanol–water partition coefficient (Wildman–Crippen LogP) is 2.64. The Labute approximate surface area is 143 Å². The highest BCUT2D eigenvalue weighted by Gasteiger charge is 2.46. The Balaban J connectivity index is 1.58. The van der Waals surface area contributed by atoms with Crippen molar-refractivity contribution in [1.82, 2.24) is 9.88 Å². The molecule has 24 heavy (non-hydrogen) atoms. The fraction of sp³-hybridized carbons (Fsp3) is 0.450. The number of piperidine rings is 1. The zero-order valence-corrected chi connectivity index (χ0v) is 14.1. The number of morpholine rings is 1. The molecule has 1 aromatic carbocycles. The first-order valence-corrected chi connectivity index (χ1v) is 8.67. The summed E-state index contributed by atoms with van der Waals surface area (Å²) >= 11 is 0. The van der Waals surface area contributed by atoms with Crippen LogP contribution in [0, 0.1) is 6.92 Å². The molecular weight excluding hydrogens is 300 g/mol. The van der Waals surface area contributed by atoms with Crippen LogP contribution in [0.1, 0.15) is 29.7 Å². The Kier molecular flexibility index (Phi) is 4.12. The maximum atomic E-state index is 11.3. The molecule has 4 rings (SSSR count). The van der Waals surface area contributed by atoms with E-state index in [1.165, 1.54) is 5.56 Å². The SMILES string of the molecule is Cc1cc(C2(O)CC3COCC(C2)N3Cc2ccccc2)ccn1. The fourth-order valence-electron chi connectivity index (χ4n) is 4.17.